The first-order valence-corrected chi connectivity index (χ1v) is 8.83. The number of carbonyl (C=O) groups is 2. The summed E-state index contributed by atoms with van der Waals surface area (Å²) in [5.74, 6) is 0.512. The van der Waals surface area contributed by atoms with Crippen LogP contribution in [0.2, 0.25) is 0 Å². The average molecular weight is 368 g/mol. The zero-order valence-corrected chi connectivity index (χ0v) is 16.0. The number of carbonyl (C=O) groups excluding carboxylic acids is 2. The van der Waals surface area contributed by atoms with Crippen LogP contribution in [0.15, 0.2) is 36.4 Å². The molecule has 0 aromatic heterocycles. The second-order valence-corrected chi connectivity index (χ2v) is 6.75. The molecule has 0 aliphatic carbocycles. The van der Waals surface area contributed by atoms with Crippen molar-refractivity contribution in [1.29, 1.82) is 0 Å². The van der Waals surface area contributed by atoms with Gasteiger partial charge in [0.15, 0.2) is 0 Å². The number of benzene rings is 2. The maximum absolute atomic E-state index is 12.7. The monoisotopic (exact) mass is 368 g/mol. The van der Waals surface area contributed by atoms with Crippen LogP contribution in [0.4, 0.5) is 11.4 Å². The van der Waals surface area contributed by atoms with Crippen LogP contribution in [0.25, 0.3) is 0 Å². The number of ether oxygens (including phenoxy) is 2. The molecule has 1 saturated heterocycles. The van der Waals surface area contributed by atoms with E-state index in [1.165, 1.54) is 0 Å². The summed E-state index contributed by atoms with van der Waals surface area (Å²) in [6.45, 7) is 4.27. The van der Waals surface area contributed by atoms with Gasteiger partial charge in [0.25, 0.3) is 0 Å². The van der Waals surface area contributed by atoms with Gasteiger partial charge in [-0.15, -0.1) is 0 Å². The molecule has 27 heavy (non-hydrogen) atoms. The zero-order chi connectivity index (χ0) is 19.6. The van der Waals surface area contributed by atoms with Crippen molar-refractivity contribution in [3.63, 3.8) is 0 Å². The van der Waals surface area contributed by atoms with Crippen LogP contribution in [0, 0.1) is 19.8 Å². The van der Waals surface area contributed by atoms with Crippen LogP contribution in [0.1, 0.15) is 17.5 Å². The van der Waals surface area contributed by atoms with E-state index in [2.05, 4.69) is 5.32 Å². The topological polar surface area (TPSA) is 67.9 Å². The van der Waals surface area contributed by atoms with E-state index in [0.717, 1.165) is 16.8 Å². The van der Waals surface area contributed by atoms with E-state index in [1.807, 2.05) is 32.0 Å². The number of aryl methyl sites for hydroxylation is 2. The minimum absolute atomic E-state index is 0.109. The van der Waals surface area contributed by atoms with E-state index >= 15 is 0 Å². The highest BCUT2D eigenvalue weighted by molar-refractivity contribution is 6.04. The summed E-state index contributed by atoms with van der Waals surface area (Å²) >= 11 is 0. The first-order chi connectivity index (χ1) is 12.9. The van der Waals surface area contributed by atoms with Gasteiger partial charge < -0.3 is 19.7 Å². The first-order valence-electron chi connectivity index (χ1n) is 8.83. The van der Waals surface area contributed by atoms with Gasteiger partial charge in [-0.25, -0.2) is 0 Å². The normalized spacial score (nSPS) is 16.4. The molecule has 1 atom stereocenters. The van der Waals surface area contributed by atoms with Gasteiger partial charge in [0, 0.05) is 24.7 Å². The van der Waals surface area contributed by atoms with E-state index < -0.39 is 5.92 Å². The fourth-order valence-corrected chi connectivity index (χ4v) is 3.31. The fraction of sp³-hybridized carbons (Fsp3) is 0.333. The van der Waals surface area contributed by atoms with Crippen LogP contribution < -0.4 is 19.7 Å². The maximum Gasteiger partial charge on any atom is 0.229 e. The quantitative estimate of drug-likeness (QED) is 0.879. The highest BCUT2D eigenvalue weighted by Crippen LogP contribution is 2.36. The molecule has 0 saturated carbocycles. The number of anilines is 2. The number of nitrogens with zero attached hydrogens (tertiary/aromatic N) is 1. The van der Waals surface area contributed by atoms with E-state index in [0.29, 0.717) is 23.7 Å². The van der Waals surface area contributed by atoms with Crippen LogP contribution in [-0.4, -0.2) is 32.6 Å². The molecule has 3 rings (SSSR count). The molecular formula is C21H24N2O4. The number of methoxy groups -OCH3 is 2. The lowest BCUT2D eigenvalue weighted by molar-refractivity contribution is -0.122. The Morgan fingerprint density at radius 2 is 1.89 bits per heavy atom. The largest absolute Gasteiger partial charge is 0.497 e. The smallest absolute Gasteiger partial charge is 0.229 e. The highest BCUT2D eigenvalue weighted by Gasteiger charge is 2.36. The SMILES string of the molecule is COc1ccc(OC)c(N2C[C@@H](C(=O)Nc3ccc(C)cc3C)CC2=O)c1. The van der Waals surface area contributed by atoms with Crippen molar-refractivity contribution in [3.8, 4) is 11.5 Å². The fourth-order valence-electron chi connectivity index (χ4n) is 3.31. The number of amides is 2. The van der Waals surface area contributed by atoms with E-state index in [9.17, 15) is 9.59 Å². The Labute approximate surface area is 159 Å². The minimum Gasteiger partial charge on any atom is -0.497 e. The van der Waals surface area contributed by atoms with E-state index in [4.69, 9.17) is 9.47 Å². The highest BCUT2D eigenvalue weighted by atomic mass is 16.5. The minimum atomic E-state index is -0.422. The molecule has 6 heteroatoms. The molecule has 6 nitrogen and oxygen atoms in total. The lowest BCUT2D eigenvalue weighted by Gasteiger charge is -2.20. The van der Waals surface area contributed by atoms with Crippen LogP contribution in [0.3, 0.4) is 0 Å². The second-order valence-electron chi connectivity index (χ2n) is 6.75. The third kappa shape index (κ3) is 3.89. The average Bonchev–Trinajstić information content (AvgIpc) is 3.05. The van der Waals surface area contributed by atoms with E-state index in [-0.39, 0.29) is 18.2 Å². The van der Waals surface area contributed by atoms with Crippen molar-refractivity contribution in [2.45, 2.75) is 20.3 Å². The van der Waals surface area contributed by atoms with E-state index in [1.54, 1.807) is 37.3 Å². The van der Waals surface area contributed by atoms with Gasteiger partial charge in [-0.2, -0.15) is 0 Å². The summed E-state index contributed by atoms with van der Waals surface area (Å²) in [5.41, 5.74) is 3.52. The van der Waals surface area contributed by atoms with Crippen LogP contribution in [-0.2, 0) is 9.59 Å². The summed E-state index contributed by atoms with van der Waals surface area (Å²) in [7, 11) is 3.12. The molecule has 0 spiro atoms. The molecule has 0 radical (unpaired) electrons. The van der Waals surface area contributed by atoms with Crippen molar-refractivity contribution in [1.82, 2.24) is 0 Å². The van der Waals surface area contributed by atoms with Gasteiger partial charge in [-0.3, -0.25) is 9.59 Å². The Hall–Kier alpha value is -3.02. The zero-order valence-electron chi connectivity index (χ0n) is 16.0. The molecule has 1 fully saturated rings. The first kappa shape index (κ1) is 18.8. The van der Waals surface area contributed by atoms with Crippen molar-refractivity contribution >= 4 is 23.2 Å². The number of rotatable bonds is 5. The predicted molar refractivity (Wildman–Crippen MR) is 105 cm³/mol. The van der Waals surface area contributed by atoms with Gasteiger partial charge in [0.2, 0.25) is 11.8 Å². The van der Waals surface area contributed by atoms with Crippen molar-refractivity contribution in [2.24, 2.45) is 5.92 Å². The summed E-state index contributed by atoms with van der Waals surface area (Å²) in [5, 5.41) is 2.95. The molecule has 142 valence electrons. The molecule has 1 heterocycles. The standard InChI is InChI=1S/C21H24N2O4/c1-13-5-7-17(14(2)9-13)22-21(25)15-10-20(24)23(12-15)18-11-16(26-3)6-8-19(18)27-4/h5-9,11,15H,10,12H2,1-4H3,(H,22,25)/t15-/m0/s1. The Morgan fingerprint density at radius 3 is 2.56 bits per heavy atom. The molecule has 0 unspecified atom stereocenters. The Bertz CT molecular complexity index is 878. The molecule has 2 aromatic carbocycles. The molecular weight excluding hydrogens is 344 g/mol. The maximum atomic E-state index is 12.7. The van der Waals surface area contributed by atoms with Crippen molar-refractivity contribution in [3.05, 3.63) is 47.5 Å². The molecule has 0 bridgehead atoms. The summed E-state index contributed by atoms with van der Waals surface area (Å²) in [6, 6.07) is 11.1. The summed E-state index contributed by atoms with van der Waals surface area (Å²) < 4.78 is 10.6. The Kier molecular flexibility index (Phi) is 5.35. The van der Waals surface area contributed by atoms with Gasteiger partial charge >= 0.3 is 0 Å². The number of nitrogens with one attached hydrogen (secondary N) is 1. The summed E-state index contributed by atoms with van der Waals surface area (Å²) in [4.78, 5) is 26.9. The van der Waals surface area contributed by atoms with Crippen molar-refractivity contribution < 1.29 is 19.1 Å². The van der Waals surface area contributed by atoms with Gasteiger partial charge in [0.1, 0.15) is 11.5 Å². The van der Waals surface area contributed by atoms with Crippen LogP contribution >= 0.6 is 0 Å². The van der Waals surface area contributed by atoms with Gasteiger partial charge in [-0.05, 0) is 37.6 Å². The summed E-state index contributed by atoms with van der Waals surface area (Å²) in [6.07, 6.45) is 0.164. The third-order valence-corrected chi connectivity index (χ3v) is 4.81. The van der Waals surface area contributed by atoms with Crippen molar-refractivity contribution in [2.75, 3.05) is 31.0 Å². The third-order valence-electron chi connectivity index (χ3n) is 4.81. The molecule has 1 N–H and O–H groups in total. The molecule has 1 aliphatic rings. The molecule has 2 aromatic rings. The lowest BCUT2D eigenvalue weighted by Crippen LogP contribution is -2.28. The van der Waals surface area contributed by atoms with Gasteiger partial charge in [0.05, 0.1) is 25.8 Å². The number of hydrogen-bond donors (Lipinski definition) is 1. The number of hydrogen-bond acceptors (Lipinski definition) is 4. The Morgan fingerprint density at radius 1 is 1.11 bits per heavy atom. The molecule has 1 aliphatic heterocycles. The lowest BCUT2D eigenvalue weighted by atomic mass is 10.1. The second kappa shape index (κ2) is 7.70. The Balaban J connectivity index is 1.78. The molecule has 2 amide bonds. The van der Waals surface area contributed by atoms with Gasteiger partial charge in [-0.1, -0.05) is 17.7 Å². The van der Waals surface area contributed by atoms with Crippen LogP contribution in [0.5, 0.6) is 11.5 Å². The predicted octanol–water partition coefficient (Wildman–Crippen LogP) is 3.31.